The number of benzene rings is 1. The molecule has 0 fully saturated rings. The fourth-order valence-electron chi connectivity index (χ4n) is 3.80. The number of nitrogens with zero attached hydrogens (tertiary/aromatic N) is 6. The summed E-state index contributed by atoms with van der Waals surface area (Å²) in [4.78, 5) is 17.6. The summed E-state index contributed by atoms with van der Waals surface area (Å²) in [5, 5.41) is 12.2. The van der Waals surface area contributed by atoms with E-state index >= 15 is 0 Å². The fraction of sp³-hybridized carbons (Fsp3) is 0.130. The molecule has 1 N–H and O–H groups in total. The Morgan fingerprint density at radius 3 is 2.56 bits per heavy atom. The highest BCUT2D eigenvalue weighted by atomic mass is 19.4. The third-order valence-electron chi connectivity index (χ3n) is 5.38. The van der Waals surface area contributed by atoms with Gasteiger partial charge in [0.05, 0.1) is 35.0 Å². The summed E-state index contributed by atoms with van der Waals surface area (Å²) in [7, 11) is 1.78. The smallest absolute Gasteiger partial charge is 0.320 e. The number of hydrogen-bond acceptors (Lipinski definition) is 4. The molecule has 4 aromatic heterocycles. The summed E-state index contributed by atoms with van der Waals surface area (Å²) >= 11 is 0. The third-order valence-corrected chi connectivity index (χ3v) is 5.38. The van der Waals surface area contributed by atoms with E-state index in [2.05, 4.69) is 20.5 Å². The number of carbonyl (C=O) groups is 1. The summed E-state index contributed by atoms with van der Waals surface area (Å²) in [5.41, 5.74) is 1.45. The molecule has 0 spiro atoms. The van der Waals surface area contributed by atoms with Gasteiger partial charge >= 0.3 is 6.18 Å². The first-order chi connectivity index (χ1) is 16.2. The number of amides is 1. The van der Waals surface area contributed by atoms with Crippen LogP contribution in [-0.4, -0.2) is 35.0 Å². The Hall–Kier alpha value is -4.41. The predicted octanol–water partition coefficient (Wildman–Crippen LogP) is 4.52. The van der Waals surface area contributed by atoms with Crippen molar-refractivity contribution in [2.75, 3.05) is 5.32 Å². The second-order valence-corrected chi connectivity index (χ2v) is 7.69. The van der Waals surface area contributed by atoms with Crippen molar-refractivity contribution in [2.45, 2.75) is 13.1 Å². The van der Waals surface area contributed by atoms with Gasteiger partial charge in [0.1, 0.15) is 5.56 Å². The molecule has 0 saturated carbocycles. The summed E-state index contributed by atoms with van der Waals surface area (Å²) in [6.07, 6.45) is 1.71. The number of aromatic nitrogens is 6. The molecule has 0 aliphatic heterocycles. The zero-order valence-electron chi connectivity index (χ0n) is 18.1. The number of alkyl halides is 3. The van der Waals surface area contributed by atoms with E-state index in [1.807, 2.05) is 6.92 Å². The number of fused-ring (bicyclic) bond motifs is 1. The molecule has 5 aromatic rings. The first-order valence-corrected chi connectivity index (χ1v) is 10.2. The van der Waals surface area contributed by atoms with E-state index in [1.54, 1.807) is 46.9 Å². The molecule has 1 aromatic carbocycles. The van der Waals surface area contributed by atoms with Crippen LogP contribution in [-0.2, 0) is 13.2 Å². The molecule has 0 radical (unpaired) electrons. The molecule has 34 heavy (non-hydrogen) atoms. The largest absolute Gasteiger partial charge is 0.416 e. The van der Waals surface area contributed by atoms with Gasteiger partial charge in [-0.2, -0.15) is 23.4 Å². The summed E-state index contributed by atoms with van der Waals surface area (Å²) in [6.45, 7) is 1.85. The van der Waals surface area contributed by atoms with Crippen molar-refractivity contribution >= 4 is 22.6 Å². The van der Waals surface area contributed by atoms with E-state index in [9.17, 15) is 18.0 Å². The maximum atomic E-state index is 13.3. The number of halogens is 3. The van der Waals surface area contributed by atoms with Crippen molar-refractivity contribution < 1.29 is 18.0 Å². The van der Waals surface area contributed by atoms with Crippen LogP contribution in [0.1, 0.15) is 21.6 Å². The van der Waals surface area contributed by atoms with E-state index in [1.165, 1.54) is 29.2 Å². The van der Waals surface area contributed by atoms with Gasteiger partial charge in [-0.1, -0.05) is 6.07 Å². The Balaban J connectivity index is 1.56. The fourth-order valence-corrected chi connectivity index (χ4v) is 3.80. The number of pyridine rings is 1. The highest BCUT2D eigenvalue weighted by Gasteiger charge is 2.31. The Morgan fingerprint density at radius 2 is 1.82 bits per heavy atom. The average Bonchev–Trinajstić information content (AvgIpc) is 3.53. The van der Waals surface area contributed by atoms with Crippen LogP contribution in [0.4, 0.5) is 18.9 Å². The van der Waals surface area contributed by atoms with Gasteiger partial charge in [-0.15, -0.1) is 0 Å². The molecule has 0 bridgehead atoms. The standard InChI is InChI=1S/C23H18F3N7O/c1-14-18-11-16(12-27-20(18)31(2)30-14)29-21(34)19-13-28-33(22(19)32-8-3-4-9-32)17-7-5-6-15(10-17)23(24,25)26/h3-13H,1-2H3,(H,29,34). The van der Waals surface area contributed by atoms with E-state index in [0.717, 1.165) is 23.2 Å². The minimum atomic E-state index is -4.51. The second kappa shape index (κ2) is 7.87. The lowest BCUT2D eigenvalue weighted by Crippen LogP contribution is -2.15. The lowest BCUT2D eigenvalue weighted by molar-refractivity contribution is -0.137. The van der Waals surface area contributed by atoms with Crippen molar-refractivity contribution in [2.24, 2.45) is 7.05 Å². The van der Waals surface area contributed by atoms with Gasteiger partial charge in [-0.05, 0) is 43.3 Å². The molecule has 11 heteroatoms. The van der Waals surface area contributed by atoms with Crippen LogP contribution >= 0.6 is 0 Å². The van der Waals surface area contributed by atoms with Crippen LogP contribution < -0.4 is 5.32 Å². The molecule has 4 heterocycles. The normalized spacial score (nSPS) is 11.8. The van der Waals surface area contributed by atoms with Crippen molar-refractivity contribution in [1.29, 1.82) is 0 Å². The number of nitrogens with one attached hydrogen (secondary N) is 1. The number of anilines is 1. The van der Waals surface area contributed by atoms with E-state index in [-0.39, 0.29) is 11.3 Å². The lowest BCUT2D eigenvalue weighted by Gasteiger charge is -2.13. The molecule has 5 rings (SSSR count). The molecule has 0 aliphatic carbocycles. The van der Waals surface area contributed by atoms with E-state index < -0.39 is 17.6 Å². The molecular weight excluding hydrogens is 447 g/mol. The SMILES string of the molecule is Cc1nn(C)c2ncc(NC(=O)c3cnn(-c4cccc(C(F)(F)F)c4)c3-n3cccc3)cc12. The van der Waals surface area contributed by atoms with Gasteiger partial charge in [0.25, 0.3) is 5.91 Å². The average molecular weight is 465 g/mol. The van der Waals surface area contributed by atoms with Crippen LogP contribution in [0.5, 0.6) is 0 Å². The van der Waals surface area contributed by atoms with Crippen LogP contribution in [0.3, 0.4) is 0 Å². The lowest BCUT2D eigenvalue weighted by atomic mass is 10.2. The van der Waals surface area contributed by atoms with E-state index in [0.29, 0.717) is 17.2 Å². The number of carbonyl (C=O) groups excluding carboxylic acids is 1. The van der Waals surface area contributed by atoms with Gasteiger partial charge < -0.3 is 9.88 Å². The topological polar surface area (TPSA) is 82.6 Å². The van der Waals surface area contributed by atoms with Crippen LogP contribution in [0.15, 0.2) is 67.3 Å². The van der Waals surface area contributed by atoms with Gasteiger partial charge in [0.2, 0.25) is 0 Å². The molecule has 172 valence electrons. The number of aryl methyl sites for hydroxylation is 2. The van der Waals surface area contributed by atoms with Crippen molar-refractivity contribution in [3.05, 3.63) is 84.1 Å². The summed E-state index contributed by atoms with van der Waals surface area (Å²) in [6, 6.07) is 10.0. The third kappa shape index (κ3) is 3.70. The zero-order valence-corrected chi connectivity index (χ0v) is 18.1. The van der Waals surface area contributed by atoms with Crippen LogP contribution in [0, 0.1) is 6.92 Å². The van der Waals surface area contributed by atoms with E-state index in [4.69, 9.17) is 0 Å². The number of rotatable bonds is 4. The Kier molecular flexibility index (Phi) is 4.96. The molecule has 1 amide bonds. The minimum Gasteiger partial charge on any atom is -0.320 e. The quantitative estimate of drug-likeness (QED) is 0.423. The minimum absolute atomic E-state index is 0.173. The first kappa shape index (κ1) is 21.4. The van der Waals surface area contributed by atoms with Crippen molar-refractivity contribution in [3.63, 3.8) is 0 Å². The highest BCUT2D eigenvalue weighted by Crippen LogP contribution is 2.31. The maximum Gasteiger partial charge on any atom is 0.416 e. The molecule has 0 aliphatic rings. The monoisotopic (exact) mass is 465 g/mol. The molecular formula is C23H18F3N7O. The maximum absolute atomic E-state index is 13.3. The second-order valence-electron chi connectivity index (χ2n) is 7.69. The predicted molar refractivity (Wildman–Crippen MR) is 119 cm³/mol. The summed E-state index contributed by atoms with van der Waals surface area (Å²) < 4.78 is 44.4. The highest BCUT2D eigenvalue weighted by molar-refractivity contribution is 6.07. The van der Waals surface area contributed by atoms with Gasteiger partial charge in [-0.3, -0.25) is 9.48 Å². The van der Waals surface area contributed by atoms with Crippen molar-refractivity contribution in [1.82, 2.24) is 29.1 Å². The van der Waals surface area contributed by atoms with Crippen LogP contribution in [0.2, 0.25) is 0 Å². The van der Waals surface area contributed by atoms with Crippen molar-refractivity contribution in [3.8, 4) is 11.5 Å². The van der Waals surface area contributed by atoms with Crippen LogP contribution in [0.25, 0.3) is 22.5 Å². The molecule has 0 saturated heterocycles. The Bertz CT molecular complexity index is 1510. The van der Waals surface area contributed by atoms with Gasteiger partial charge in [0.15, 0.2) is 11.5 Å². The molecule has 0 unspecified atom stereocenters. The first-order valence-electron chi connectivity index (χ1n) is 10.2. The molecule has 8 nitrogen and oxygen atoms in total. The zero-order chi connectivity index (χ0) is 24.0. The molecule has 0 atom stereocenters. The summed E-state index contributed by atoms with van der Waals surface area (Å²) in [5.74, 6) is -0.182. The number of hydrogen-bond donors (Lipinski definition) is 1. The van der Waals surface area contributed by atoms with Gasteiger partial charge in [0, 0.05) is 24.8 Å². The van der Waals surface area contributed by atoms with Gasteiger partial charge in [-0.25, -0.2) is 9.67 Å². The Morgan fingerprint density at radius 1 is 1.06 bits per heavy atom. The Labute approximate surface area is 191 Å².